The van der Waals surface area contributed by atoms with Crippen LogP contribution in [-0.4, -0.2) is 14.5 Å². The van der Waals surface area contributed by atoms with Crippen LogP contribution in [0.3, 0.4) is 0 Å². The molecule has 1 saturated carbocycles. The van der Waals surface area contributed by atoms with E-state index in [9.17, 15) is 8.42 Å². The van der Waals surface area contributed by atoms with Crippen molar-refractivity contribution in [3.05, 3.63) is 23.2 Å². The van der Waals surface area contributed by atoms with Gasteiger partial charge in [-0.3, -0.25) is 0 Å². The van der Waals surface area contributed by atoms with Gasteiger partial charge in [-0.25, -0.2) is 13.6 Å². The van der Waals surface area contributed by atoms with Crippen LogP contribution < -0.4 is 10.5 Å². The van der Waals surface area contributed by atoms with Crippen molar-refractivity contribution >= 4 is 27.3 Å². The van der Waals surface area contributed by atoms with Crippen LogP contribution in [0.1, 0.15) is 38.5 Å². The van der Waals surface area contributed by atoms with Gasteiger partial charge in [-0.2, -0.15) is 0 Å². The lowest BCUT2D eigenvalue weighted by Gasteiger charge is -2.19. The number of halogens is 1. The Morgan fingerprint density at radius 2 is 1.79 bits per heavy atom. The predicted octanol–water partition coefficient (Wildman–Crippen LogP) is 3.12. The maximum Gasteiger partial charge on any atom is 0.240 e. The van der Waals surface area contributed by atoms with E-state index in [4.69, 9.17) is 16.7 Å². The van der Waals surface area contributed by atoms with Gasteiger partial charge in [0.25, 0.3) is 0 Å². The Morgan fingerprint density at radius 1 is 1.16 bits per heavy atom. The second kappa shape index (κ2) is 6.11. The minimum atomic E-state index is -3.76. The second-order valence-electron chi connectivity index (χ2n) is 5.02. The zero-order chi connectivity index (χ0) is 13.9. The molecule has 3 N–H and O–H groups in total. The SMILES string of the molecule is NS(=O)(=O)c1cc(Cl)ccc1NC1CCCCCC1. The molecule has 106 valence electrons. The molecule has 4 nitrogen and oxygen atoms in total. The molecule has 0 radical (unpaired) electrons. The molecule has 0 bridgehead atoms. The summed E-state index contributed by atoms with van der Waals surface area (Å²) in [5.74, 6) is 0. The van der Waals surface area contributed by atoms with Crippen LogP contribution in [0.5, 0.6) is 0 Å². The average Bonchev–Trinajstić information content (AvgIpc) is 2.59. The lowest BCUT2D eigenvalue weighted by Crippen LogP contribution is -2.21. The highest BCUT2D eigenvalue weighted by atomic mass is 35.5. The first-order valence-corrected chi connectivity index (χ1v) is 8.48. The van der Waals surface area contributed by atoms with Gasteiger partial charge in [-0.15, -0.1) is 0 Å². The molecular formula is C13H19ClN2O2S. The average molecular weight is 303 g/mol. The number of hydrogen-bond donors (Lipinski definition) is 2. The van der Waals surface area contributed by atoms with Gasteiger partial charge in [0.05, 0.1) is 5.69 Å². The molecule has 0 unspecified atom stereocenters. The van der Waals surface area contributed by atoms with Crippen molar-refractivity contribution in [1.29, 1.82) is 0 Å². The zero-order valence-electron chi connectivity index (χ0n) is 10.7. The number of nitrogens with two attached hydrogens (primary N) is 1. The molecule has 0 amide bonds. The molecule has 1 aliphatic carbocycles. The molecule has 6 heteroatoms. The Bertz CT molecular complexity index is 538. The molecule has 0 aromatic heterocycles. The van der Waals surface area contributed by atoms with E-state index in [0.29, 0.717) is 16.8 Å². The minimum Gasteiger partial charge on any atom is -0.381 e. The Morgan fingerprint density at radius 3 is 2.37 bits per heavy atom. The molecule has 0 atom stereocenters. The van der Waals surface area contributed by atoms with Crippen LogP contribution >= 0.6 is 11.6 Å². The monoisotopic (exact) mass is 302 g/mol. The van der Waals surface area contributed by atoms with E-state index < -0.39 is 10.0 Å². The Labute approximate surface area is 119 Å². The van der Waals surface area contributed by atoms with Gasteiger partial charge in [-0.1, -0.05) is 37.3 Å². The van der Waals surface area contributed by atoms with Crippen LogP contribution in [0.15, 0.2) is 23.1 Å². The van der Waals surface area contributed by atoms with Crippen LogP contribution in [0.25, 0.3) is 0 Å². The third-order valence-corrected chi connectivity index (χ3v) is 4.65. The summed E-state index contributed by atoms with van der Waals surface area (Å²) in [4.78, 5) is 0.0734. The van der Waals surface area contributed by atoms with E-state index in [2.05, 4.69) is 5.32 Å². The molecule has 0 aliphatic heterocycles. The van der Waals surface area contributed by atoms with Gasteiger partial charge in [0.1, 0.15) is 4.90 Å². The molecule has 1 fully saturated rings. The first-order valence-electron chi connectivity index (χ1n) is 6.56. The van der Waals surface area contributed by atoms with E-state index in [1.807, 2.05) is 0 Å². The summed E-state index contributed by atoms with van der Waals surface area (Å²) in [5.41, 5.74) is 0.554. The molecule has 0 spiro atoms. The van der Waals surface area contributed by atoms with Gasteiger partial charge in [-0.05, 0) is 31.0 Å². The van der Waals surface area contributed by atoms with Crippen molar-refractivity contribution in [2.45, 2.75) is 49.5 Å². The van der Waals surface area contributed by atoms with Crippen molar-refractivity contribution in [3.8, 4) is 0 Å². The fraction of sp³-hybridized carbons (Fsp3) is 0.538. The molecule has 1 aromatic carbocycles. The van der Waals surface area contributed by atoms with E-state index in [1.165, 1.54) is 31.7 Å². The predicted molar refractivity (Wildman–Crippen MR) is 77.9 cm³/mol. The molecule has 2 rings (SSSR count). The summed E-state index contributed by atoms with van der Waals surface area (Å²) < 4.78 is 23.2. The van der Waals surface area contributed by atoms with Crippen molar-refractivity contribution in [1.82, 2.24) is 0 Å². The largest absolute Gasteiger partial charge is 0.381 e. The van der Waals surface area contributed by atoms with Gasteiger partial charge >= 0.3 is 0 Å². The maximum absolute atomic E-state index is 11.6. The second-order valence-corrected chi connectivity index (χ2v) is 6.98. The lowest BCUT2D eigenvalue weighted by atomic mass is 10.1. The van der Waals surface area contributed by atoms with Gasteiger partial charge < -0.3 is 5.32 Å². The lowest BCUT2D eigenvalue weighted by molar-refractivity contribution is 0.596. The van der Waals surface area contributed by atoms with Crippen LogP contribution in [0, 0.1) is 0 Å². The molecule has 1 aliphatic rings. The first-order chi connectivity index (χ1) is 8.97. The summed E-state index contributed by atoms with van der Waals surface area (Å²) in [6.45, 7) is 0. The van der Waals surface area contributed by atoms with Crippen LogP contribution in [0.4, 0.5) is 5.69 Å². The summed E-state index contributed by atoms with van der Waals surface area (Å²) in [6, 6.07) is 5.07. The highest BCUT2D eigenvalue weighted by Gasteiger charge is 2.18. The normalized spacial score (nSPS) is 18.0. The smallest absolute Gasteiger partial charge is 0.240 e. The van der Waals surface area contributed by atoms with Gasteiger partial charge in [0, 0.05) is 11.1 Å². The minimum absolute atomic E-state index is 0.0734. The number of nitrogens with one attached hydrogen (secondary N) is 1. The van der Waals surface area contributed by atoms with Crippen LogP contribution in [-0.2, 0) is 10.0 Å². The van der Waals surface area contributed by atoms with Crippen molar-refractivity contribution in [2.75, 3.05) is 5.32 Å². The number of rotatable bonds is 3. The van der Waals surface area contributed by atoms with Crippen molar-refractivity contribution < 1.29 is 8.42 Å². The fourth-order valence-electron chi connectivity index (χ4n) is 2.49. The Kier molecular flexibility index (Phi) is 4.71. The maximum atomic E-state index is 11.6. The fourth-order valence-corrected chi connectivity index (χ4v) is 3.46. The molecule has 1 aromatic rings. The van der Waals surface area contributed by atoms with Crippen molar-refractivity contribution in [2.24, 2.45) is 5.14 Å². The quantitative estimate of drug-likeness (QED) is 0.843. The molecule has 0 saturated heterocycles. The number of sulfonamides is 1. The van der Waals surface area contributed by atoms with Gasteiger partial charge in [0.15, 0.2) is 0 Å². The number of benzene rings is 1. The highest BCUT2D eigenvalue weighted by molar-refractivity contribution is 7.89. The highest BCUT2D eigenvalue weighted by Crippen LogP contribution is 2.27. The molecular weight excluding hydrogens is 284 g/mol. The summed E-state index contributed by atoms with van der Waals surface area (Å²) in [5, 5.41) is 8.91. The third-order valence-electron chi connectivity index (χ3n) is 3.46. The number of hydrogen-bond acceptors (Lipinski definition) is 3. The third kappa shape index (κ3) is 4.09. The zero-order valence-corrected chi connectivity index (χ0v) is 12.3. The topological polar surface area (TPSA) is 72.2 Å². The molecule has 19 heavy (non-hydrogen) atoms. The first kappa shape index (κ1) is 14.6. The summed E-state index contributed by atoms with van der Waals surface area (Å²) >= 11 is 5.84. The number of primary sulfonamides is 1. The Balaban J connectivity index is 2.24. The molecule has 0 heterocycles. The number of anilines is 1. The summed E-state index contributed by atoms with van der Waals surface area (Å²) in [7, 11) is -3.76. The van der Waals surface area contributed by atoms with Gasteiger partial charge in [0.2, 0.25) is 10.0 Å². The van der Waals surface area contributed by atoms with E-state index in [0.717, 1.165) is 12.8 Å². The van der Waals surface area contributed by atoms with Crippen molar-refractivity contribution in [3.63, 3.8) is 0 Å². The standard InChI is InChI=1S/C13H19ClN2O2S/c14-10-7-8-12(13(9-10)19(15,17)18)16-11-5-3-1-2-4-6-11/h7-9,11,16H,1-6H2,(H2,15,17,18). The van der Waals surface area contributed by atoms with E-state index >= 15 is 0 Å². The summed E-state index contributed by atoms with van der Waals surface area (Å²) in [6.07, 6.45) is 6.98. The van der Waals surface area contributed by atoms with E-state index in [1.54, 1.807) is 12.1 Å². The van der Waals surface area contributed by atoms with Crippen LogP contribution in [0.2, 0.25) is 5.02 Å². The van der Waals surface area contributed by atoms with E-state index in [-0.39, 0.29) is 4.90 Å². The Hall–Kier alpha value is -0.780.